The predicted octanol–water partition coefficient (Wildman–Crippen LogP) is 2.31. The summed E-state index contributed by atoms with van der Waals surface area (Å²) in [7, 11) is 0. The van der Waals surface area contributed by atoms with Gasteiger partial charge in [-0.1, -0.05) is 36.2 Å². The van der Waals surface area contributed by atoms with Gasteiger partial charge in [0.2, 0.25) is 0 Å². The Kier molecular flexibility index (Phi) is 3.97. The van der Waals surface area contributed by atoms with E-state index in [-0.39, 0.29) is 0 Å². The lowest BCUT2D eigenvalue weighted by Gasteiger charge is -2.35. The van der Waals surface area contributed by atoms with E-state index < -0.39 is 0 Å². The lowest BCUT2D eigenvalue weighted by atomic mass is 10.0. The second-order valence-electron chi connectivity index (χ2n) is 4.84. The van der Waals surface area contributed by atoms with Gasteiger partial charge in [-0.05, 0) is 31.9 Å². The molecular weight excluding hydrogens is 196 g/mol. The van der Waals surface area contributed by atoms with Crippen LogP contribution in [-0.4, -0.2) is 24.0 Å². The van der Waals surface area contributed by atoms with Crippen LogP contribution in [0.3, 0.4) is 0 Å². The molecule has 1 aliphatic rings. The zero-order valence-electron chi connectivity index (χ0n) is 10.2. The first-order valence-corrected chi connectivity index (χ1v) is 6.29. The number of aryl methyl sites for hydroxylation is 1. The maximum atomic E-state index is 5.83. The molecule has 2 nitrogen and oxygen atoms in total. The molecule has 0 bridgehead atoms. The molecule has 1 unspecified atom stereocenters. The molecule has 0 saturated carbocycles. The number of piperidine rings is 1. The summed E-state index contributed by atoms with van der Waals surface area (Å²) < 4.78 is 0. The van der Waals surface area contributed by atoms with E-state index in [9.17, 15) is 0 Å². The molecule has 1 aromatic carbocycles. The molecule has 0 radical (unpaired) electrons. The van der Waals surface area contributed by atoms with Gasteiger partial charge in [0.1, 0.15) is 0 Å². The summed E-state index contributed by atoms with van der Waals surface area (Å²) in [5, 5.41) is 0. The second kappa shape index (κ2) is 5.46. The highest BCUT2D eigenvalue weighted by atomic mass is 15.2. The largest absolute Gasteiger partial charge is 0.329 e. The molecule has 2 N–H and O–H groups in total. The van der Waals surface area contributed by atoms with Gasteiger partial charge in [-0.3, -0.25) is 4.90 Å². The Labute approximate surface area is 98.4 Å². The van der Waals surface area contributed by atoms with Crippen molar-refractivity contribution in [3.8, 4) is 0 Å². The van der Waals surface area contributed by atoms with E-state index in [4.69, 9.17) is 5.73 Å². The summed E-state index contributed by atoms with van der Waals surface area (Å²) in [5.74, 6) is 0. The second-order valence-corrected chi connectivity index (χ2v) is 4.84. The molecule has 16 heavy (non-hydrogen) atoms. The van der Waals surface area contributed by atoms with Gasteiger partial charge in [0.25, 0.3) is 0 Å². The van der Waals surface area contributed by atoms with Crippen LogP contribution in [0.25, 0.3) is 0 Å². The van der Waals surface area contributed by atoms with Crippen LogP contribution in [-0.2, 0) is 6.54 Å². The van der Waals surface area contributed by atoms with Gasteiger partial charge in [-0.15, -0.1) is 0 Å². The third-order valence-corrected chi connectivity index (χ3v) is 3.53. The fraction of sp³-hybridized carbons (Fsp3) is 0.571. The fourth-order valence-corrected chi connectivity index (χ4v) is 2.46. The van der Waals surface area contributed by atoms with Crippen molar-refractivity contribution >= 4 is 0 Å². The monoisotopic (exact) mass is 218 g/mol. The number of nitrogens with zero attached hydrogens (tertiary/aromatic N) is 1. The van der Waals surface area contributed by atoms with Crippen molar-refractivity contribution in [1.29, 1.82) is 0 Å². The average Bonchev–Trinajstić information content (AvgIpc) is 2.33. The zero-order chi connectivity index (χ0) is 11.4. The molecule has 1 fully saturated rings. The molecule has 1 aliphatic heterocycles. The molecule has 2 heteroatoms. The lowest BCUT2D eigenvalue weighted by Crippen LogP contribution is -2.43. The van der Waals surface area contributed by atoms with Crippen molar-refractivity contribution < 1.29 is 0 Å². The Morgan fingerprint density at radius 3 is 2.69 bits per heavy atom. The van der Waals surface area contributed by atoms with Gasteiger partial charge >= 0.3 is 0 Å². The maximum Gasteiger partial charge on any atom is 0.0237 e. The number of likely N-dealkylation sites (tertiary alicyclic amines) is 1. The SMILES string of the molecule is Cc1ccc(CN2CCCCC2CN)cc1. The van der Waals surface area contributed by atoms with Gasteiger partial charge in [-0.2, -0.15) is 0 Å². The molecule has 0 aromatic heterocycles. The Balaban J connectivity index is 1.99. The van der Waals surface area contributed by atoms with Crippen LogP contribution in [0.15, 0.2) is 24.3 Å². The first-order chi connectivity index (χ1) is 7.79. The predicted molar refractivity (Wildman–Crippen MR) is 68.3 cm³/mol. The lowest BCUT2D eigenvalue weighted by molar-refractivity contribution is 0.145. The smallest absolute Gasteiger partial charge is 0.0237 e. The number of hydrogen-bond donors (Lipinski definition) is 1. The third-order valence-electron chi connectivity index (χ3n) is 3.53. The van der Waals surface area contributed by atoms with E-state index >= 15 is 0 Å². The van der Waals surface area contributed by atoms with Crippen LogP contribution >= 0.6 is 0 Å². The van der Waals surface area contributed by atoms with E-state index in [1.54, 1.807) is 0 Å². The first kappa shape index (κ1) is 11.6. The molecule has 2 rings (SSSR count). The summed E-state index contributed by atoms with van der Waals surface area (Å²) in [4.78, 5) is 2.54. The highest BCUT2D eigenvalue weighted by molar-refractivity contribution is 5.21. The van der Waals surface area contributed by atoms with Crippen LogP contribution in [0.5, 0.6) is 0 Å². The highest BCUT2D eigenvalue weighted by Gasteiger charge is 2.20. The van der Waals surface area contributed by atoms with E-state index in [1.165, 1.54) is 36.9 Å². The van der Waals surface area contributed by atoms with Crippen LogP contribution in [0.2, 0.25) is 0 Å². The summed E-state index contributed by atoms with van der Waals surface area (Å²) in [6.07, 6.45) is 3.93. The van der Waals surface area contributed by atoms with Gasteiger partial charge < -0.3 is 5.73 Å². The number of hydrogen-bond acceptors (Lipinski definition) is 2. The van der Waals surface area contributed by atoms with Crippen molar-refractivity contribution in [1.82, 2.24) is 4.90 Å². The van der Waals surface area contributed by atoms with E-state index in [0.717, 1.165) is 13.1 Å². The Morgan fingerprint density at radius 1 is 1.25 bits per heavy atom. The molecular formula is C14H22N2. The normalized spacial score (nSPS) is 22.2. The fourth-order valence-electron chi connectivity index (χ4n) is 2.46. The van der Waals surface area contributed by atoms with Crippen LogP contribution in [0, 0.1) is 6.92 Å². The topological polar surface area (TPSA) is 29.3 Å². The first-order valence-electron chi connectivity index (χ1n) is 6.29. The van der Waals surface area contributed by atoms with Crippen molar-refractivity contribution in [3.63, 3.8) is 0 Å². The molecule has 0 aliphatic carbocycles. The van der Waals surface area contributed by atoms with Gasteiger partial charge in [0.15, 0.2) is 0 Å². The van der Waals surface area contributed by atoms with Crippen LogP contribution in [0.1, 0.15) is 30.4 Å². The zero-order valence-corrected chi connectivity index (χ0v) is 10.2. The molecule has 1 heterocycles. The summed E-state index contributed by atoms with van der Waals surface area (Å²) in [6, 6.07) is 9.44. The van der Waals surface area contributed by atoms with Gasteiger partial charge in [0.05, 0.1) is 0 Å². The number of benzene rings is 1. The molecule has 1 atom stereocenters. The van der Waals surface area contributed by atoms with Crippen molar-refractivity contribution in [3.05, 3.63) is 35.4 Å². The minimum Gasteiger partial charge on any atom is -0.329 e. The Morgan fingerprint density at radius 2 is 2.00 bits per heavy atom. The van der Waals surface area contributed by atoms with E-state index in [0.29, 0.717) is 6.04 Å². The summed E-state index contributed by atoms with van der Waals surface area (Å²) in [6.45, 7) is 5.19. The summed E-state index contributed by atoms with van der Waals surface area (Å²) >= 11 is 0. The number of nitrogens with two attached hydrogens (primary N) is 1. The Bertz CT molecular complexity index is 318. The van der Waals surface area contributed by atoms with E-state index in [2.05, 4.69) is 36.1 Å². The number of rotatable bonds is 3. The van der Waals surface area contributed by atoms with Crippen molar-refractivity contribution in [2.24, 2.45) is 5.73 Å². The maximum absolute atomic E-state index is 5.83. The standard InChI is InChI=1S/C14H22N2/c1-12-5-7-13(8-6-12)11-16-9-3-2-4-14(16)10-15/h5-8,14H,2-4,9-11,15H2,1H3. The van der Waals surface area contributed by atoms with Crippen LogP contribution in [0.4, 0.5) is 0 Å². The van der Waals surface area contributed by atoms with Crippen molar-refractivity contribution in [2.75, 3.05) is 13.1 Å². The molecule has 1 saturated heterocycles. The Hall–Kier alpha value is -0.860. The van der Waals surface area contributed by atoms with Gasteiger partial charge in [0, 0.05) is 19.1 Å². The highest BCUT2D eigenvalue weighted by Crippen LogP contribution is 2.18. The molecule has 0 spiro atoms. The summed E-state index contributed by atoms with van der Waals surface area (Å²) in [5.41, 5.74) is 8.57. The van der Waals surface area contributed by atoms with Crippen LogP contribution < -0.4 is 5.73 Å². The molecule has 0 amide bonds. The molecule has 1 aromatic rings. The van der Waals surface area contributed by atoms with Crippen molar-refractivity contribution in [2.45, 2.75) is 38.8 Å². The van der Waals surface area contributed by atoms with Gasteiger partial charge in [-0.25, -0.2) is 0 Å². The van der Waals surface area contributed by atoms with E-state index in [1.807, 2.05) is 0 Å². The minimum absolute atomic E-state index is 0.593. The minimum atomic E-state index is 0.593. The quantitative estimate of drug-likeness (QED) is 0.843. The average molecular weight is 218 g/mol. The molecule has 88 valence electrons. The third kappa shape index (κ3) is 2.83.